The summed E-state index contributed by atoms with van der Waals surface area (Å²) >= 11 is 0. The molecule has 2 aromatic carbocycles. The molecule has 0 radical (unpaired) electrons. The molecule has 1 heterocycles. The van der Waals surface area contributed by atoms with E-state index in [1.165, 1.54) is 18.2 Å². The standard InChI is InChI=1S/C23H27F3O3/c1-3-11-27-14-17-7-5-16(13-29-17)18-8-6-15(12-20(18)24)19-9-10-21(28-4-2)23(26)22(19)25/h6,8-10,12,16-17H,3-5,7,11,13-14H2,1-2H3. The molecule has 0 saturated carbocycles. The highest BCUT2D eigenvalue weighted by molar-refractivity contribution is 5.66. The number of ether oxygens (including phenoxy) is 3. The van der Waals surface area contributed by atoms with Gasteiger partial charge in [-0.15, -0.1) is 0 Å². The van der Waals surface area contributed by atoms with Gasteiger partial charge in [0.2, 0.25) is 5.82 Å². The van der Waals surface area contributed by atoms with Gasteiger partial charge in [-0.25, -0.2) is 8.78 Å². The molecule has 3 rings (SSSR count). The van der Waals surface area contributed by atoms with E-state index in [4.69, 9.17) is 14.2 Å². The monoisotopic (exact) mass is 408 g/mol. The van der Waals surface area contributed by atoms with Gasteiger partial charge in [-0.05, 0) is 55.5 Å². The smallest absolute Gasteiger partial charge is 0.201 e. The lowest BCUT2D eigenvalue weighted by molar-refractivity contribution is -0.0484. The Morgan fingerprint density at radius 1 is 1.03 bits per heavy atom. The Kier molecular flexibility index (Phi) is 7.56. The van der Waals surface area contributed by atoms with Crippen LogP contribution >= 0.6 is 0 Å². The highest BCUT2D eigenvalue weighted by Crippen LogP contribution is 2.34. The molecule has 0 aliphatic carbocycles. The van der Waals surface area contributed by atoms with Gasteiger partial charge in [0, 0.05) is 18.1 Å². The maximum absolute atomic E-state index is 14.8. The Morgan fingerprint density at radius 2 is 1.86 bits per heavy atom. The topological polar surface area (TPSA) is 27.7 Å². The van der Waals surface area contributed by atoms with Crippen molar-refractivity contribution in [2.75, 3.05) is 26.4 Å². The summed E-state index contributed by atoms with van der Waals surface area (Å²) in [6, 6.07) is 7.28. The molecule has 2 atom stereocenters. The third-order valence-electron chi connectivity index (χ3n) is 5.12. The van der Waals surface area contributed by atoms with Gasteiger partial charge in [0.05, 0.1) is 25.9 Å². The Bertz CT molecular complexity index is 817. The van der Waals surface area contributed by atoms with E-state index in [0.29, 0.717) is 25.4 Å². The number of halogens is 3. The summed E-state index contributed by atoms with van der Waals surface area (Å²) in [6.45, 7) is 5.66. The molecule has 1 aliphatic heterocycles. The van der Waals surface area contributed by atoms with Gasteiger partial charge in [0.1, 0.15) is 5.82 Å². The molecule has 0 N–H and O–H groups in total. The molecule has 1 saturated heterocycles. The molecule has 2 aromatic rings. The zero-order valence-electron chi connectivity index (χ0n) is 16.8. The highest BCUT2D eigenvalue weighted by atomic mass is 19.2. The van der Waals surface area contributed by atoms with E-state index in [1.54, 1.807) is 19.1 Å². The van der Waals surface area contributed by atoms with E-state index in [9.17, 15) is 13.2 Å². The summed E-state index contributed by atoms with van der Waals surface area (Å²) in [5, 5.41) is 0. The first kappa shape index (κ1) is 21.7. The molecule has 29 heavy (non-hydrogen) atoms. The SMILES string of the molecule is CCCOCC1CCC(c2ccc(-c3ccc(OCC)c(F)c3F)cc2F)CO1. The number of benzene rings is 2. The van der Waals surface area contributed by atoms with Crippen molar-refractivity contribution in [3.63, 3.8) is 0 Å². The molecule has 1 aliphatic rings. The first-order valence-corrected chi connectivity index (χ1v) is 10.1. The molecule has 6 heteroatoms. The largest absolute Gasteiger partial charge is 0.491 e. The van der Waals surface area contributed by atoms with Crippen LogP contribution < -0.4 is 4.74 Å². The van der Waals surface area contributed by atoms with Gasteiger partial charge in [0.25, 0.3) is 0 Å². The maximum atomic E-state index is 14.8. The van der Waals surface area contributed by atoms with Crippen molar-refractivity contribution in [3.8, 4) is 16.9 Å². The van der Waals surface area contributed by atoms with Gasteiger partial charge in [-0.3, -0.25) is 0 Å². The Morgan fingerprint density at radius 3 is 2.52 bits per heavy atom. The van der Waals surface area contributed by atoms with Gasteiger partial charge in [-0.1, -0.05) is 19.1 Å². The molecule has 2 unspecified atom stereocenters. The molecule has 158 valence electrons. The van der Waals surface area contributed by atoms with E-state index < -0.39 is 17.5 Å². The van der Waals surface area contributed by atoms with Crippen LogP contribution in [0.25, 0.3) is 11.1 Å². The molecule has 0 spiro atoms. The second-order valence-electron chi connectivity index (χ2n) is 7.21. The summed E-state index contributed by atoms with van der Waals surface area (Å²) in [7, 11) is 0. The molecule has 0 aromatic heterocycles. The van der Waals surface area contributed by atoms with E-state index in [-0.39, 0.29) is 35.5 Å². The van der Waals surface area contributed by atoms with Crippen LogP contribution in [-0.2, 0) is 9.47 Å². The van der Waals surface area contributed by atoms with Crippen molar-refractivity contribution in [2.45, 2.75) is 45.1 Å². The lowest BCUT2D eigenvalue weighted by Crippen LogP contribution is -2.29. The summed E-state index contributed by atoms with van der Waals surface area (Å²) in [5.41, 5.74) is 0.825. The van der Waals surface area contributed by atoms with Crippen LogP contribution in [0.4, 0.5) is 13.2 Å². The van der Waals surface area contributed by atoms with Crippen molar-refractivity contribution in [1.82, 2.24) is 0 Å². The van der Waals surface area contributed by atoms with Gasteiger partial charge in [-0.2, -0.15) is 4.39 Å². The van der Waals surface area contributed by atoms with Crippen molar-refractivity contribution >= 4 is 0 Å². The van der Waals surface area contributed by atoms with Crippen LogP contribution in [0.5, 0.6) is 5.75 Å². The Labute approximate surface area is 169 Å². The minimum absolute atomic E-state index is 0.00411. The van der Waals surface area contributed by atoms with Crippen LogP contribution in [0, 0.1) is 17.5 Å². The fourth-order valence-corrected chi connectivity index (χ4v) is 3.59. The lowest BCUT2D eigenvalue weighted by atomic mass is 9.89. The van der Waals surface area contributed by atoms with Crippen LogP contribution in [0.1, 0.15) is 44.6 Å². The molecular weight excluding hydrogens is 381 g/mol. The highest BCUT2D eigenvalue weighted by Gasteiger charge is 2.25. The van der Waals surface area contributed by atoms with Crippen LogP contribution in [0.2, 0.25) is 0 Å². The van der Waals surface area contributed by atoms with E-state index in [0.717, 1.165) is 19.3 Å². The second-order valence-corrected chi connectivity index (χ2v) is 7.21. The molecule has 1 fully saturated rings. The fraction of sp³-hybridized carbons (Fsp3) is 0.478. The van der Waals surface area contributed by atoms with E-state index in [1.807, 2.05) is 0 Å². The van der Waals surface area contributed by atoms with E-state index >= 15 is 0 Å². The summed E-state index contributed by atoms with van der Waals surface area (Å²) < 4.78 is 59.7. The second kappa shape index (κ2) is 10.1. The zero-order chi connectivity index (χ0) is 20.8. The fourth-order valence-electron chi connectivity index (χ4n) is 3.59. The first-order chi connectivity index (χ1) is 14.0. The van der Waals surface area contributed by atoms with Crippen molar-refractivity contribution in [3.05, 3.63) is 53.3 Å². The normalized spacial score (nSPS) is 19.3. The molecular formula is C23H27F3O3. The van der Waals surface area contributed by atoms with Crippen molar-refractivity contribution < 1.29 is 27.4 Å². The molecule has 0 amide bonds. The average Bonchev–Trinajstić information content (AvgIpc) is 2.72. The van der Waals surface area contributed by atoms with Crippen LogP contribution in [0.3, 0.4) is 0 Å². The van der Waals surface area contributed by atoms with Gasteiger partial charge >= 0.3 is 0 Å². The van der Waals surface area contributed by atoms with Gasteiger partial charge in [0.15, 0.2) is 11.6 Å². The predicted octanol–water partition coefficient (Wildman–Crippen LogP) is 5.86. The predicted molar refractivity (Wildman–Crippen MR) is 106 cm³/mol. The van der Waals surface area contributed by atoms with E-state index in [2.05, 4.69) is 6.92 Å². The number of hydrogen-bond donors (Lipinski definition) is 0. The number of hydrogen-bond acceptors (Lipinski definition) is 3. The van der Waals surface area contributed by atoms with Crippen molar-refractivity contribution in [1.29, 1.82) is 0 Å². The Hall–Kier alpha value is -2.05. The average molecular weight is 408 g/mol. The van der Waals surface area contributed by atoms with Crippen molar-refractivity contribution in [2.24, 2.45) is 0 Å². The number of rotatable bonds is 8. The summed E-state index contributed by atoms with van der Waals surface area (Å²) in [5.74, 6) is -2.76. The Balaban J connectivity index is 1.71. The summed E-state index contributed by atoms with van der Waals surface area (Å²) in [6.07, 6.45) is 2.60. The quantitative estimate of drug-likeness (QED) is 0.512. The molecule has 0 bridgehead atoms. The zero-order valence-corrected chi connectivity index (χ0v) is 16.8. The lowest BCUT2D eigenvalue weighted by Gasteiger charge is -2.29. The van der Waals surface area contributed by atoms with Crippen LogP contribution in [-0.4, -0.2) is 32.5 Å². The summed E-state index contributed by atoms with van der Waals surface area (Å²) in [4.78, 5) is 0. The maximum Gasteiger partial charge on any atom is 0.201 e. The minimum Gasteiger partial charge on any atom is -0.491 e. The third-order valence-corrected chi connectivity index (χ3v) is 5.12. The third kappa shape index (κ3) is 5.11. The van der Waals surface area contributed by atoms with Crippen LogP contribution in [0.15, 0.2) is 30.3 Å². The molecule has 3 nitrogen and oxygen atoms in total. The first-order valence-electron chi connectivity index (χ1n) is 10.1. The van der Waals surface area contributed by atoms with Gasteiger partial charge < -0.3 is 14.2 Å². The minimum atomic E-state index is -1.06.